The minimum Gasteiger partial charge on any atom is -0.373 e. The number of nitrogens with zero attached hydrogens (tertiary/aromatic N) is 3. The molecule has 0 aliphatic carbocycles. The number of rotatable bonds is 8. The molecule has 2 N–H and O–H groups in total. The first-order valence-electron chi connectivity index (χ1n) is 7.10. The summed E-state index contributed by atoms with van der Waals surface area (Å²) in [5, 5.41) is 6.44. The summed E-state index contributed by atoms with van der Waals surface area (Å²) >= 11 is 0. The van der Waals surface area contributed by atoms with Gasteiger partial charge in [-0.2, -0.15) is 0 Å². The van der Waals surface area contributed by atoms with Crippen molar-refractivity contribution in [1.82, 2.24) is 14.9 Å². The topological polar surface area (TPSA) is 53.1 Å². The van der Waals surface area contributed by atoms with Gasteiger partial charge in [0.2, 0.25) is 0 Å². The molecule has 0 aliphatic heterocycles. The Morgan fingerprint density at radius 1 is 1.26 bits per heavy atom. The molecule has 0 saturated heterocycles. The average Bonchev–Trinajstić information content (AvgIpc) is 2.45. The van der Waals surface area contributed by atoms with Crippen LogP contribution in [0.15, 0.2) is 6.07 Å². The first-order valence-corrected chi connectivity index (χ1v) is 7.10. The fourth-order valence-electron chi connectivity index (χ4n) is 1.77. The van der Waals surface area contributed by atoms with Crippen LogP contribution in [0.3, 0.4) is 0 Å². The molecule has 0 spiro atoms. The molecule has 0 aliphatic rings. The second-order valence-corrected chi connectivity index (χ2v) is 4.82. The summed E-state index contributed by atoms with van der Waals surface area (Å²) in [4.78, 5) is 11.2. The molecule has 0 fully saturated rings. The Morgan fingerprint density at radius 3 is 2.53 bits per heavy atom. The van der Waals surface area contributed by atoms with Crippen molar-refractivity contribution in [1.29, 1.82) is 0 Å². The van der Waals surface area contributed by atoms with Crippen LogP contribution < -0.4 is 10.6 Å². The summed E-state index contributed by atoms with van der Waals surface area (Å²) < 4.78 is 0. The summed E-state index contributed by atoms with van der Waals surface area (Å²) in [5.41, 5.74) is 0. The third-order valence-electron chi connectivity index (χ3n) is 3.46. The van der Waals surface area contributed by atoms with E-state index in [1.54, 1.807) is 0 Å². The number of aromatic nitrogens is 2. The van der Waals surface area contributed by atoms with Crippen LogP contribution in [-0.4, -0.2) is 48.1 Å². The first-order chi connectivity index (χ1) is 9.10. The fraction of sp³-hybridized carbons (Fsp3) is 0.714. The van der Waals surface area contributed by atoms with Gasteiger partial charge < -0.3 is 15.5 Å². The van der Waals surface area contributed by atoms with Gasteiger partial charge in [0.15, 0.2) is 0 Å². The Kier molecular flexibility index (Phi) is 6.56. The highest BCUT2D eigenvalue weighted by molar-refractivity contribution is 5.47. The highest BCUT2D eigenvalue weighted by Crippen LogP contribution is 2.11. The maximum Gasteiger partial charge on any atom is 0.132 e. The standard InChI is InChI=1S/C14H27N5/c1-6-11(3)19(5)9-8-16-14-10-13(15-4)17-12(7-2)18-14/h10-11H,6-9H2,1-5H3,(H2,15,16,17,18). The van der Waals surface area contributed by atoms with E-state index in [1.807, 2.05) is 13.1 Å². The summed E-state index contributed by atoms with van der Waals surface area (Å²) in [6, 6.07) is 2.56. The zero-order chi connectivity index (χ0) is 14.3. The lowest BCUT2D eigenvalue weighted by molar-refractivity contribution is 0.261. The van der Waals surface area contributed by atoms with E-state index in [0.717, 1.165) is 37.0 Å². The second-order valence-electron chi connectivity index (χ2n) is 4.82. The molecule has 1 atom stereocenters. The number of anilines is 2. The van der Waals surface area contributed by atoms with Crippen LogP contribution in [0.25, 0.3) is 0 Å². The monoisotopic (exact) mass is 265 g/mol. The molecule has 1 aromatic heterocycles. The SMILES string of the molecule is CCc1nc(NC)cc(NCCN(C)C(C)CC)n1. The van der Waals surface area contributed by atoms with E-state index in [9.17, 15) is 0 Å². The summed E-state index contributed by atoms with van der Waals surface area (Å²) in [6.45, 7) is 8.43. The van der Waals surface area contributed by atoms with Crippen molar-refractivity contribution in [3.8, 4) is 0 Å². The molecule has 0 bridgehead atoms. The van der Waals surface area contributed by atoms with Gasteiger partial charge in [0.25, 0.3) is 0 Å². The highest BCUT2D eigenvalue weighted by Gasteiger charge is 2.06. The van der Waals surface area contributed by atoms with E-state index in [2.05, 4.69) is 53.3 Å². The summed E-state index contributed by atoms with van der Waals surface area (Å²) in [7, 11) is 4.04. The number of nitrogens with one attached hydrogen (secondary N) is 2. The number of hydrogen-bond acceptors (Lipinski definition) is 5. The number of likely N-dealkylation sites (N-methyl/N-ethyl adjacent to an activating group) is 1. The van der Waals surface area contributed by atoms with Crippen molar-refractivity contribution in [3.63, 3.8) is 0 Å². The second kappa shape index (κ2) is 7.94. The van der Waals surface area contributed by atoms with Crippen molar-refractivity contribution >= 4 is 11.6 Å². The summed E-state index contributed by atoms with van der Waals surface area (Å²) in [6.07, 6.45) is 2.02. The Labute approximate surface area is 116 Å². The van der Waals surface area contributed by atoms with Gasteiger partial charge in [-0.3, -0.25) is 0 Å². The molecule has 5 heteroatoms. The quantitative estimate of drug-likeness (QED) is 0.755. The third-order valence-corrected chi connectivity index (χ3v) is 3.46. The van der Waals surface area contributed by atoms with E-state index < -0.39 is 0 Å². The van der Waals surface area contributed by atoms with Gasteiger partial charge in [-0.05, 0) is 20.4 Å². The molecule has 0 aromatic carbocycles. The van der Waals surface area contributed by atoms with E-state index in [0.29, 0.717) is 6.04 Å². The van der Waals surface area contributed by atoms with E-state index in [1.165, 1.54) is 6.42 Å². The molecule has 1 heterocycles. The molecule has 108 valence electrons. The summed E-state index contributed by atoms with van der Waals surface area (Å²) in [5.74, 6) is 2.63. The van der Waals surface area contributed by atoms with Crippen LogP contribution in [0, 0.1) is 0 Å². The maximum absolute atomic E-state index is 4.48. The molecular formula is C14H27N5. The molecule has 1 rings (SSSR count). The molecule has 1 aromatic rings. The highest BCUT2D eigenvalue weighted by atomic mass is 15.1. The lowest BCUT2D eigenvalue weighted by Gasteiger charge is -2.23. The van der Waals surface area contributed by atoms with Crippen LogP contribution in [0.5, 0.6) is 0 Å². The zero-order valence-electron chi connectivity index (χ0n) is 12.8. The van der Waals surface area contributed by atoms with Gasteiger partial charge in [0, 0.05) is 38.7 Å². The molecular weight excluding hydrogens is 238 g/mol. The largest absolute Gasteiger partial charge is 0.373 e. The Morgan fingerprint density at radius 2 is 1.95 bits per heavy atom. The van der Waals surface area contributed by atoms with E-state index in [4.69, 9.17) is 0 Å². The molecule has 1 unspecified atom stereocenters. The number of hydrogen-bond donors (Lipinski definition) is 2. The van der Waals surface area contributed by atoms with Gasteiger partial charge >= 0.3 is 0 Å². The average molecular weight is 265 g/mol. The Hall–Kier alpha value is -1.36. The minimum atomic E-state index is 0.617. The molecule has 0 saturated carbocycles. The van der Waals surface area contributed by atoms with Crippen molar-refractivity contribution in [2.24, 2.45) is 0 Å². The van der Waals surface area contributed by atoms with Crippen LogP contribution in [-0.2, 0) is 6.42 Å². The lowest BCUT2D eigenvalue weighted by Crippen LogP contribution is -2.32. The Bertz CT molecular complexity index is 358. The predicted molar refractivity (Wildman–Crippen MR) is 81.8 cm³/mol. The third kappa shape index (κ3) is 5.03. The van der Waals surface area contributed by atoms with Gasteiger partial charge in [-0.15, -0.1) is 0 Å². The van der Waals surface area contributed by atoms with Crippen molar-refractivity contribution in [3.05, 3.63) is 11.9 Å². The normalized spacial score (nSPS) is 12.5. The Balaban J connectivity index is 2.53. The van der Waals surface area contributed by atoms with Gasteiger partial charge in [0.1, 0.15) is 17.5 Å². The van der Waals surface area contributed by atoms with Crippen LogP contribution in [0.4, 0.5) is 11.6 Å². The van der Waals surface area contributed by atoms with Crippen molar-refractivity contribution in [2.75, 3.05) is 37.8 Å². The lowest BCUT2D eigenvalue weighted by atomic mass is 10.2. The van der Waals surface area contributed by atoms with E-state index in [-0.39, 0.29) is 0 Å². The molecule has 0 radical (unpaired) electrons. The van der Waals surface area contributed by atoms with Gasteiger partial charge in [-0.25, -0.2) is 9.97 Å². The van der Waals surface area contributed by atoms with Gasteiger partial charge in [-0.1, -0.05) is 13.8 Å². The zero-order valence-corrected chi connectivity index (χ0v) is 12.8. The minimum absolute atomic E-state index is 0.617. The van der Waals surface area contributed by atoms with Crippen molar-refractivity contribution in [2.45, 2.75) is 39.7 Å². The first kappa shape index (κ1) is 15.7. The van der Waals surface area contributed by atoms with Crippen LogP contribution in [0.2, 0.25) is 0 Å². The smallest absolute Gasteiger partial charge is 0.132 e. The number of aryl methyl sites for hydroxylation is 1. The fourth-order valence-corrected chi connectivity index (χ4v) is 1.77. The van der Waals surface area contributed by atoms with Crippen molar-refractivity contribution < 1.29 is 0 Å². The van der Waals surface area contributed by atoms with Crippen LogP contribution in [0.1, 0.15) is 33.0 Å². The maximum atomic E-state index is 4.48. The molecule has 0 amide bonds. The molecule has 5 nitrogen and oxygen atoms in total. The van der Waals surface area contributed by atoms with Gasteiger partial charge in [0.05, 0.1) is 0 Å². The van der Waals surface area contributed by atoms with Crippen LogP contribution >= 0.6 is 0 Å². The van der Waals surface area contributed by atoms with E-state index >= 15 is 0 Å². The molecule has 19 heavy (non-hydrogen) atoms. The predicted octanol–water partition coefficient (Wildman–Crippen LogP) is 2.22.